The van der Waals surface area contributed by atoms with Crippen LogP contribution in [0.25, 0.3) is 0 Å². The fourth-order valence-corrected chi connectivity index (χ4v) is 7.04. The van der Waals surface area contributed by atoms with Gasteiger partial charge in [0.25, 0.3) is 10.0 Å². The molecule has 1 saturated carbocycles. The lowest BCUT2D eigenvalue weighted by atomic mass is 9.59. The van der Waals surface area contributed by atoms with Crippen LogP contribution in [-0.4, -0.2) is 72.8 Å². The first kappa shape index (κ1) is 17.2. The highest BCUT2D eigenvalue weighted by molar-refractivity contribution is 7.89. The molecule has 7 nitrogen and oxygen atoms in total. The van der Waals surface area contributed by atoms with Gasteiger partial charge >= 0.3 is 0 Å². The molecule has 4 aliphatic rings. The number of sulfonamides is 1. The SMILES string of the molecule is Cc1cc(S(=O)(=O)N2CCC3(CC2)CC(N2CC4(COC4)C2)C3)n(C)n1. The van der Waals surface area contributed by atoms with E-state index in [1.807, 2.05) is 6.92 Å². The van der Waals surface area contributed by atoms with Crippen molar-refractivity contribution in [1.29, 1.82) is 0 Å². The predicted octanol–water partition coefficient (Wildman–Crippen LogP) is 0.994. The fraction of sp³-hybridized carbons (Fsp3) is 0.833. The summed E-state index contributed by atoms with van der Waals surface area (Å²) in [6, 6.07) is 2.38. The van der Waals surface area contributed by atoms with Crippen LogP contribution in [0.1, 0.15) is 31.4 Å². The first-order chi connectivity index (χ1) is 12.3. The standard InChI is InChI=1S/C18H28N4O3S/c1-14-7-16(20(2)19-14)26(23,24)22-5-3-17(4-6-22)8-15(9-17)21-10-18(11-21)12-25-13-18/h7,15H,3-6,8-13H2,1-2H3. The molecule has 3 aliphatic heterocycles. The van der Waals surface area contributed by atoms with Gasteiger partial charge in [0, 0.05) is 44.7 Å². The molecule has 26 heavy (non-hydrogen) atoms. The second-order valence-electron chi connectivity index (χ2n) is 9.11. The normalized spacial score (nSPS) is 28.7. The van der Waals surface area contributed by atoms with Crippen LogP contribution < -0.4 is 0 Å². The van der Waals surface area contributed by atoms with Crippen LogP contribution in [0.15, 0.2) is 11.1 Å². The van der Waals surface area contributed by atoms with Gasteiger partial charge in [-0.2, -0.15) is 9.40 Å². The highest BCUT2D eigenvalue weighted by Crippen LogP contribution is 2.54. The van der Waals surface area contributed by atoms with Crippen molar-refractivity contribution >= 4 is 10.0 Å². The van der Waals surface area contributed by atoms with E-state index >= 15 is 0 Å². The van der Waals surface area contributed by atoms with Crippen molar-refractivity contribution in [3.63, 3.8) is 0 Å². The second-order valence-corrected chi connectivity index (χ2v) is 11.0. The Morgan fingerprint density at radius 3 is 2.31 bits per heavy atom. The molecule has 0 radical (unpaired) electrons. The lowest BCUT2D eigenvalue weighted by Crippen LogP contribution is -2.70. The fourth-order valence-electron chi connectivity index (χ4n) is 5.41. The Balaban J connectivity index is 1.18. The number of rotatable bonds is 3. The molecular formula is C18H28N4O3S. The Labute approximate surface area is 155 Å². The molecule has 8 heteroatoms. The summed E-state index contributed by atoms with van der Waals surface area (Å²) >= 11 is 0. The molecule has 1 aromatic rings. The Morgan fingerprint density at radius 2 is 1.81 bits per heavy atom. The van der Waals surface area contributed by atoms with E-state index in [1.165, 1.54) is 30.6 Å². The third kappa shape index (κ3) is 2.49. The quantitative estimate of drug-likeness (QED) is 0.782. The molecule has 0 unspecified atom stereocenters. The van der Waals surface area contributed by atoms with Gasteiger partial charge in [0.2, 0.25) is 0 Å². The molecule has 144 valence electrons. The van der Waals surface area contributed by atoms with Gasteiger partial charge in [0.15, 0.2) is 5.03 Å². The van der Waals surface area contributed by atoms with E-state index in [0.29, 0.717) is 35.0 Å². The first-order valence-electron chi connectivity index (χ1n) is 9.64. The minimum absolute atomic E-state index is 0.311. The Hall–Kier alpha value is -0.960. The van der Waals surface area contributed by atoms with Crippen LogP contribution >= 0.6 is 0 Å². The molecule has 0 aromatic carbocycles. The molecule has 4 fully saturated rings. The summed E-state index contributed by atoms with van der Waals surface area (Å²) in [4.78, 5) is 2.62. The molecule has 1 aliphatic carbocycles. The van der Waals surface area contributed by atoms with Crippen LogP contribution in [0.4, 0.5) is 0 Å². The molecule has 4 heterocycles. The molecule has 5 rings (SSSR count). The number of aromatic nitrogens is 2. The van der Waals surface area contributed by atoms with Gasteiger partial charge in [-0.1, -0.05) is 0 Å². The van der Waals surface area contributed by atoms with E-state index in [4.69, 9.17) is 4.74 Å². The first-order valence-corrected chi connectivity index (χ1v) is 11.1. The van der Waals surface area contributed by atoms with Gasteiger partial charge in [-0.05, 0) is 44.1 Å². The van der Waals surface area contributed by atoms with E-state index in [9.17, 15) is 8.42 Å². The zero-order valence-electron chi connectivity index (χ0n) is 15.6. The van der Waals surface area contributed by atoms with Crippen LogP contribution in [0.2, 0.25) is 0 Å². The molecule has 0 atom stereocenters. The summed E-state index contributed by atoms with van der Waals surface area (Å²) < 4.78 is 34.4. The number of aryl methyl sites for hydroxylation is 2. The molecular weight excluding hydrogens is 352 g/mol. The third-order valence-electron chi connectivity index (χ3n) is 7.09. The number of likely N-dealkylation sites (tertiary alicyclic amines) is 1. The van der Waals surface area contributed by atoms with Crippen molar-refractivity contribution < 1.29 is 13.2 Å². The predicted molar refractivity (Wildman–Crippen MR) is 96.2 cm³/mol. The third-order valence-corrected chi connectivity index (χ3v) is 9.05. The Kier molecular flexibility index (Phi) is 3.65. The zero-order chi connectivity index (χ0) is 18.2. The van der Waals surface area contributed by atoms with E-state index < -0.39 is 10.0 Å². The molecule has 0 bridgehead atoms. The summed E-state index contributed by atoms with van der Waals surface area (Å²) in [6.07, 6.45) is 4.45. The zero-order valence-corrected chi connectivity index (χ0v) is 16.5. The maximum absolute atomic E-state index is 12.9. The van der Waals surface area contributed by atoms with Crippen molar-refractivity contribution in [3.8, 4) is 0 Å². The van der Waals surface area contributed by atoms with Crippen molar-refractivity contribution in [1.82, 2.24) is 19.0 Å². The topological polar surface area (TPSA) is 67.7 Å². The van der Waals surface area contributed by atoms with Crippen molar-refractivity contribution in [2.24, 2.45) is 17.9 Å². The van der Waals surface area contributed by atoms with Crippen LogP contribution in [0, 0.1) is 17.8 Å². The highest BCUT2D eigenvalue weighted by atomic mass is 32.2. The van der Waals surface area contributed by atoms with Gasteiger partial charge in [0.1, 0.15) is 0 Å². The minimum atomic E-state index is -3.43. The number of piperidine rings is 1. The van der Waals surface area contributed by atoms with Gasteiger partial charge in [-0.25, -0.2) is 8.42 Å². The van der Waals surface area contributed by atoms with E-state index in [1.54, 1.807) is 17.4 Å². The average Bonchev–Trinajstić information content (AvgIpc) is 2.82. The lowest BCUT2D eigenvalue weighted by Gasteiger charge is -2.63. The van der Waals surface area contributed by atoms with Crippen molar-refractivity contribution in [2.75, 3.05) is 39.4 Å². The number of nitrogens with zero attached hydrogens (tertiary/aromatic N) is 4. The number of hydrogen-bond donors (Lipinski definition) is 0. The summed E-state index contributed by atoms with van der Waals surface area (Å²) in [6.45, 7) is 7.40. The molecule has 0 N–H and O–H groups in total. The van der Waals surface area contributed by atoms with E-state index in [0.717, 1.165) is 31.7 Å². The molecule has 2 spiro atoms. The average molecular weight is 381 g/mol. The van der Waals surface area contributed by atoms with Gasteiger partial charge in [0.05, 0.1) is 18.9 Å². The summed E-state index contributed by atoms with van der Waals surface area (Å²) in [5.74, 6) is 0. The minimum Gasteiger partial charge on any atom is -0.380 e. The summed E-state index contributed by atoms with van der Waals surface area (Å²) in [5.41, 5.74) is 1.60. The van der Waals surface area contributed by atoms with Gasteiger partial charge < -0.3 is 4.74 Å². The highest BCUT2D eigenvalue weighted by Gasteiger charge is 2.56. The molecule has 0 amide bonds. The molecule has 3 saturated heterocycles. The smallest absolute Gasteiger partial charge is 0.260 e. The maximum Gasteiger partial charge on any atom is 0.260 e. The molecule has 1 aromatic heterocycles. The van der Waals surface area contributed by atoms with E-state index in [-0.39, 0.29) is 0 Å². The largest absolute Gasteiger partial charge is 0.380 e. The van der Waals surface area contributed by atoms with Crippen LogP contribution in [-0.2, 0) is 21.8 Å². The number of ether oxygens (including phenoxy) is 1. The Bertz CT molecular complexity index is 805. The van der Waals surface area contributed by atoms with Crippen LogP contribution in [0.3, 0.4) is 0 Å². The summed E-state index contributed by atoms with van der Waals surface area (Å²) in [7, 11) is -1.73. The maximum atomic E-state index is 12.9. The van der Waals surface area contributed by atoms with E-state index in [2.05, 4.69) is 10.00 Å². The lowest BCUT2D eigenvalue weighted by molar-refractivity contribution is -0.215. The number of hydrogen-bond acceptors (Lipinski definition) is 5. The van der Waals surface area contributed by atoms with Crippen molar-refractivity contribution in [3.05, 3.63) is 11.8 Å². The monoisotopic (exact) mass is 380 g/mol. The van der Waals surface area contributed by atoms with Crippen molar-refractivity contribution in [2.45, 2.75) is 43.7 Å². The second kappa shape index (κ2) is 5.53. The van der Waals surface area contributed by atoms with Gasteiger partial charge in [-0.15, -0.1) is 0 Å². The van der Waals surface area contributed by atoms with Crippen LogP contribution in [0.5, 0.6) is 0 Å². The Morgan fingerprint density at radius 1 is 1.15 bits per heavy atom. The summed E-state index contributed by atoms with van der Waals surface area (Å²) in [5, 5.41) is 4.50. The van der Waals surface area contributed by atoms with Gasteiger partial charge in [-0.3, -0.25) is 9.58 Å².